The van der Waals surface area contributed by atoms with Crippen LogP contribution >= 0.6 is 0 Å². The molecule has 3 nitrogen and oxygen atoms in total. The number of benzene rings is 1. The first-order valence-electron chi connectivity index (χ1n) is 3.63. The second kappa shape index (κ2) is 3.88. The highest BCUT2D eigenvalue weighted by atomic mass is 16.3. The average Bonchev–Trinajstić information content (AvgIpc) is 2.04. The Balaban J connectivity index is 2.69. The Labute approximate surface area is 70.8 Å². The monoisotopic (exact) mass is 164 g/mol. The quantitative estimate of drug-likeness (QED) is 0.678. The van der Waals surface area contributed by atoms with Crippen LogP contribution in [0.1, 0.15) is 5.56 Å². The van der Waals surface area contributed by atoms with Crippen molar-refractivity contribution in [2.24, 2.45) is 5.73 Å². The molecule has 63 valence electrons. The maximum atomic E-state index is 10.1. The zero-order valence-corrected chi connectivity index (χ0v) is 6.53. The fourth-order valence-corrected chi connectivity index (χ4v) is 0.979. The van der Waals surface area contributed by atoms with Gasteiger partial charge in [0.15, 0.2) is 0 Å². The molecule has 0 aliphatic carbocycles. The Hall–Kier alpha value is -1.35. The third kappa shape index (κ3) is 2.36. The summed E-state index contributed by atoms with van der Waals surface area (Å²) in [6.45, 7) is 0. The molecular formula is C9H10NO2. The highest BCUT2D eigenvalue weighted by Gasteiger charge is 2.02. The molecule has 0 aromatic heterocycles. The fraction of sp³-hybridized carbons (Fsp3) is 0.222. The summed E-state index contributed by atoms with van der Waals surface area (Å²) < 4.78 is 0. The summed E-state index contributed by atoms with van der Waals surface area (Å²) in [5.41, 5.74) is 6.19. The molecule has 1 atom stereocenters. The van der Waals surface area contributed by atoms with E-state index in [0.29, 0.717) is 6.42 Å². The van der Waals surface area contributed by atoms with Gasteiger partial charge in [-0.3, -0.25) is 4.79 Å². The zero-order chi connectivity index (χ0) is 8.97. The van der Waals surface area contributed by atoms with Crippen molar-refractivity contribution in [1.29, 1.82) is 0 Å². The third-order valence-corrected chi connectivity index (χ3v) is 1.52. The van der Waals surface area contributed by atoms with Gasteiger partial charge in [-0.15, -0.1) is 0 Å². The number of aromatic hydroxyl groups is 1. The normalized spacial score (nSPS) is 12.4. The van der Waals surface area contributed by atoms with Crippen LogP contribution < -0.4 is 5.73 Å². The van der Waals surface area contributed by atoms with Crippen LogP contribution in [0.5, 0.6) is 5.75 Å². The second-order valence-electron chi connectivity index (χ2n) is 2.60. The largest absolute Gasteiger partial charge is 0.508 e. The predicted molar refractivity (Wildman–Crippen MR) is 45.5 cm³/mol. The number of hydrogen-bond donors (Lipinski definition) is 2. The summed E-state index contributed by atoms with van der Waals surface area (Å²) in [5, 5.41) is 9.06. The number of carbonyl (C=O) groups excluding carboxylic acids is 1. The van der Waals surface area contributed by atoms with E-state index in [0.717, 1.165) is 5.56 Å². The van der Waals surface area contributed by atoms with Crippen LogP contribution in [0.15, 0.2) is 24.3 Å². The van der Waals surface area contributed by atoms with E-state index in [-0.39, 0.29) is 5.75 Å². The van der Waals surface area contributed by atoms with E-state index in [1.807, 2.05) is 0 Å². The lowest BCUT2D eigenvalue weighted by Crippen LogP contribution is -2.23. The van der Waals surface area contributed by atoms with Gasteiger partial charge in [-0.05, 0) is 24.1 Å². The molecule has 12 heavy (non-hydrogen) atoms. The summed E-state index contributed by atoms with van der Waals surface area (Å²) in [5.74, 6) is 0.186. The molecule has 0 saturated carbocycles. The van der Waals surface area contributed by atoms with Gasteiger partial charge in [0.1, 0.15) is 5.75 Å². The minimum absolute atomic E-state index is 0.186. The van der Waals surface area contributed by atoms with E-state index in [1.165, 1.54) is 0 Å². The summed E-state index contributed by atoms with van der Waals surface area (Å²) in [6, 6.07) is 6.06. The molecule has 1 aromatic rings. The molecule has 1 radical (unpaired) electrons. The Kier molecular flexibility index (Phi) is 2.82. The van der Waals surface area contributed by atoms with Gasteiger partial charge in [0, 0.05) is 0 Å². The van der Waals surface area contributed by atoms with Crippen molar-refractivity contribution < 1.29 is 9.90 Å². The van der Waals surface area contributed by atoms with Crippen LogP contribution in [0.2, 0.25) is 0 Å². The van der Waals surface area contributed by atoms with E-state index < -0.39 is 6.04 Å². The molecule has 3 N–H and O–H groups in total. The molecule has 0 heterocycles. The fourth-order valence-electron chi connectivity index (χ4n) is 0.979. The van der Waals surface area contributed by atoms with Crippen LogP contribution in [0.3, 0.4) is 0 Å². The molecule has 0 aliphatic rings. The first-order chi connectivity index (χ1) is 5.72. The van der Waals surface area contributed by atoms with E-state index >= 15 is 0 Å². The lowest BCUT2D eigenvalue weighted by atomic mass is 10.1. The van der Waals surface area contributed by atoms with Gasteiger partial charge in [-0.1, -0.05) is 12.1 Å². The second-order valence-corrected chi connectivity index (χ2v) is 2.60. The van der Waals surface area contributed by atoms with E-state index in [9.17, 15) is 4.79 Å². The average molecular weight is 164 g/mol. The lowest BCUT2D eigenvalue weighted by Gasteiger charge is -2.02. The third-order valence-electron chi connectivity index (χ3n) is 1.52. The van der Waals surface area contributed by atoms with Crippen molar-refractivity contribution in [2.75, 3.05) is 0 Å². The predicted octanol–water partition coefficient (Wildman–Crippen LogP) is 0.372. The first-order valence-corrected chi connectivity index (χ1v) is 3.63. The van der Waals surface area contributed by atoms with E-state index in [4.69, 9.17) is 10.8 Å². The molecule has 0 aliphatic heterocycles. The smallest absolute Gasteiger partial charge is 0.217 e. The number of nitrogens with two attached hydrogens (primary N) is 1. The molecule has 0 unspecified atom stereocenters. The maximum absolute atomic E-state index is 10.1. The molecule has 0 fully saturated rings. The molecule has 1 aromatic carbocycles. The minimum atomic E-state index is -0.605. The van der Waals surface area contributed by atoms with Gasteiger partial charge in [0.2, 0.25) is 6.29 Å². The standard InChI is InChI=1S/C9H10NO2/c10-8(6-11)4-7-2-1-3-9(12)5-7/h1-3,5,8,12H,4,10H2/t8-/m0/s1. The Bertz CT molecular complexity index is 273. The highest BCUT2D eigenvalue weighted by molar-refractivity contribution is 5.58. The van der Waals surface area contributed by atoms with Gasteiger partial charge >= 0.3 is 0 Å². The number of phenols is 1. The van der Waals surface area contributed by atoms with Crippen LogP contribution in [0.4, 0.5) is 0 Å². The van der Waals surface area contributed by atoms with Crippen LogP contribution in [-0.2, 0) is 11.2 Å². The highest BCUT2D eigenvalue weighted by Crippen LogP contribution is 2.11. The molecule has 3 heteroatoms. The van der Waals surface area contributed by atoms with Crippen LogP contribution in [-0.4, -0.2) is 17.4 Å². The summed E-state index contributed by atoms with van der Waals surface area (Å²) in [7, 11) is 0. The molecule has 0 amide bonds. The van der Waals surface area contributed by atoms with E-state index in [1.54, 1.807) is 30.6 Å². The van der Waals surface area contributed by atoms with Crippen molar-refractivity contribution in [3.05, 3.63) is 29.8 Å². The van der Waals surface area contributed by atoms with Crippen molar-refractivity contribution >= 4 is 6.29 Å². The lowest BCUT2D eigenvalue weighted by molar-refractivity contribution is 0.474. The van der Waals surface area contributed by atoms with E-state index in [2.05, 4.69) is 0 Å². The summed E-state index contributed by atoms with van der Waals surface area (Å²) in [6.07, 6.45) is 2.09. The zero-order valence-electron chi connectivity index (χ0n) is 6.53. The molecular weight excluding hydrogens is 154 g/mol. The Morgan fingerprint density at radius 2 is 2.33 bits per heavy atom. The summed E-state index contributed by atoms with van der Waals surface area (Å²) >= 11 is 0. The van der Waals surface area contributed by atoms with Gasteiger partial charge in [-0.25, -0.2) is 0 Å². The number of hydrogen-bond acceptors (Lipinski definition) is 3. The maximum Gasteiger partial charge on any atom is 0.217 e. The molecule has 0 saturated heterocycles. The number of phenolic OH excluding ortho intramolecular Hbond substituents is 1. The van der Waals surface area contributed by atoms with Crippen molar-refractivity contribution in [3.63, 3.8) is 0 Å². The van der Waals surface area contributed by atoms with Gasteiger partial charge in [0.05, 0.1) is 6.04 Å². The van der Waals surface area contributed by atoms with Crippen LogP contribution in [0.25, 0.3) is 0 Å². The summed E-state index contributed by atoms with van der Waals surface area (Å²) in [4.78, 5) is 10.1. The number of rotatable bonds is 3. The van der Waals surface area contributed by atoms with Gasteiger partial charge < -0.3 is 10.8 Å². The van der Waals surface area contributed by atoms with Gasteiger partial charge in [-0.2, -0.15) is 0 Å². The SMILES string of the molecule is N[C@H]([C]=O)Cc1cccc(O)c1. The first kappa shape index (κ1) is 8.74. The Morgan fingerprint density at radius 1 is 1.58 bits per heavy atom. The van der Waals surface area contributed by atoms with Crippen molar-refractivity contribution in [2.45, 2.75) is 12.5 Å². The topological polar surface area (TPSA) is 63.3 Å². The van der Waals surface area contributed by atoms with Crippen LogP contribution in [0, 0.1) is 0 Å². The molecule has 0 bridgehead atoms. The van der Waals surface area contributed by atoms with Gasteiger partial charge in [0.25, 0.3) is 0 Å². The molecule has 0 spiro atoms. The van der Waals surface area contributed by atoms with Crippen molar-refractivity contribution in [3.8, 4) is 5.75 Å². The minimum Gasteiger partial charge on any atom is -0.508 e. The molecule has 1 rings (SSSR count). The van der Waals surface area contributed by atoms with Crippen molar-refractivity contribution in [1.82, 2.24) is 0 Å². The Morgan fingerprint density at radius 3 is 2.92 bits per heavy atom.